The number of nitrogen functional groups attached to an aromatic ring is 1. The van der Waals surface area contributed by atoms with Crippen molar-refractivity contribution in [1.29, 1.82) is 0 Å². The second-order valence-corrected chi connectivity index (χ2v) is 11.2. The number of ether oxygens (including phenoxy) is 3. The van der Waals surface area contributed by atoms with Crippen LogP contribution in [0.2, 0.25) is 0 Å². The van der Waals surface area contributed by atoms with Crippen LogP contribution in [-0.4, -0.2) is 52.3 Å². The van der Waals surface area contributed by atoms with Crippen LogP contribution in [0.15, 0.2) is 36.7 Å². The number of hydrogen-bond acceptors (Lipinski definition) is 9. The van der Waals surface area contributed by atoms with E-state index in [4.69, 9.17) is 25.7 Å². The Hall–Kier alpha value is -3.44. The van der Waals surface area contributed by atoms with Gasteiger partial charge in [0.25, 0.3) is 5.91 Å². The number of nitrogens with one attached hydrogen (secondary N) is 1. The Labute approximate surface area is 216 Å². The lowest BCUT2D eigenvalue weighted by Crippen LogP contribution is -2.45. The summed E-state index contributed by atoms with van der Waals surface area (Å²) in [6.07, 6.45) is -2.48. The van der Waals surface area contributed by atoms with Crippen molar-refractivity contribution >= 4 is 23.7 Å². The molecule has 1 aliphatic rings. The highest BCUT2D eigenvalue weighted by molar-refractivity contribution is 5.95. The zero-order valence-corrected chi connectivity index (χ0v) is 22.2. The van der Waals surface area contributed by atoms with Crippen LogP contribution in [0.3, 0.4) is 0 Å². The van der Waals surface area contributed by atoms with Gasteiger partial charge in [-0.05, 0) is 47.1 Å². The van der Waals surface area contributed by atoms with E-state index < -0.39 is 53.2 Å². The Morgan fingerprint density at radius 2 is 1.57 bits per heavy atom. The number of anilines is 1. The van der Waals surface area contributed by atoms with E-state index in [-0.39, 0.29) is 18.1 Å². The average Bonchev–Trinajstić information content (AvgIpc) is 3.33. The molecule has 1 aromatic carbocycles. The molecule has 2 aromatic rings. The van der Waals surface area contributed by atoms with Crippen LogP contribution in [-0.2, 0) is 30.3 Å². The smallest absolute Gasteiger partial charge is 0.311 e. The molecule has 11 nitrogen and oxygen atoms in total. The Balaban J connectivity index is 1.96. The highest BCUT2D eigenvalue weighted by Gasteiger charge is 2.52. The fraction of sp³-hybridized carbons (Fsp3) is 0.538. The van der Waals surface area contributed by atoms with E-state index in [2.05, 4.69) is 10.3 Å². The number of imidazole rings is 1. The summed E-state index contributed by atoms with van der Waals surface area (Å²) >= 11 is 0. The maximum Gasteiger partial charge on any atom is 0.311 e. The summed E-state index contributed by atoms with van der Waals surface area (Å²) in [7, 11) is 0. The van der Waals surface area contributed by atoms with Crippen molar-refractivity contribution in [2.75, 3.05) is 12.3 Å². The number of carbonyl (C=O) groups is 3. The standard InChI is InChI=1S/C26H37N5O6/c1-25(2,3)23(33)36-18-16(13-29-12-15-10-8-7-9-11-15)35-22(19(18)37-24(34)26(4,5)6)31-14-30-17(20(31)27)21(28)32/h7-11,14,16,18-19,22,29H,12-13,27H2,1-6H3,(H2,28,32)/t16-,18-,19-,22-/m1/s1. The summed E-state index contributed by atoms with van der Waals surface area (Å²) in [5, 5.41) is 3.31. The minimum atomic E-state index is -1.07. The van der Waals surface area contributed by atoms with Gasteiger partial charge >= 0.3 is 11.9 Å². The van der Waals surface area contributed by atoms with Crippen molar-refractivity contribution in [3.8, 4) is 0 Å². The zero-order chi connectivity index (χ0) is 27.5. The normalized spacial score (nSPS) is 22.0. The van der Waals surface area contributed by atoms with E-state index in [0.717, 1.165) is 5.56 Å². The first-order valence-corrected chi connectivity index (χ1v) is 12.1. The molecule has 1 fully saturated rings. The van der Waals surface area contributed by atoms with E-state index in [0.29, 0.717) is 6.54 Å². The van der Waals surface area contributed by atoms with Crippen LogP contribution in [0.25, 0.3) is 0 Å². The molecule has 0 bridgehead atoms. The Morgan fingerprint density at radius 3 is 2.08 bits per heavy atom. The summed E-state index contributed by atoms with van der Waals surface area (Å²) in [5.41, 5.74) is 10.8. The topological polar surface area (TPSA) is 161 Å². The second kappa shape index (κ2) is 10.9. The van der Waals surface area contributed by atoms with Gasteiger partial charge in [0.2, 0.25) is 0 Å². The molecule has 0 spiro atoms. The number of aromatic nitrogens is 2. The summed E-state index contributed by atoms with van der Waals surface area (Å²) < 4.78 is 19.5. The van der Waals surface area contributed by atoms with E-state index in [1.54, 1.807) is 41.5 Å². The molecule has 5 N–H and O–H groups in total. The van der Waals surface area contributed by atoms with Crippen molar-refractivity contribution in [2.24, 2.45) is 16.6 Å². The van der Waals surface area contributed by atoms with Crippen molar-refractivity contribution in [3.63, 3.8) is 0 Å². The zero-order valence-electron chi connectivity index (χ0n) is 22.2. The van der Waals surface area contributed by atoms with Gasteiger partial charge in [-0.2, -0.15) is 0 Å². The molecule has 1 amide bonds. The van der Waals surface area contributed by atoms with Gasteiger partial charge in [0.1, 0.15) is 11.9 Å². The number of carbonyl (C=O) groups excluding carboxylic acids is 3. The van der Waals surface area contributed by atoms with E-state index in [9.17, 15) is 14.4 Å². The first kappa shape index (κ1) is 28.1. The van der Waals surface area contributed by atoms with Gasteiger partial charge < -0.3 is 31.0 Å². The molecule has 37 heavy (non-hydrogen) atoms. The quantitative estimate of drug-likeness (QED) is 0.447. The molecule has 3 rings (SSSR count). The van der Waals surface area contributed by atoms with Gasteiger partial charge in [-0.15, -0.1) is 0 Å². The lowest BCUT2D eigenvalue weighted by Gasteiger charge is -2.29. The number of primary amides is 1. The third-order valence-electron chi connectivity index (χ3n) is 5.85. The van der Waals surface area contributed by atoms with Crippen molar-refractivity contribution in [2.45, 2.75) is 72.6 Å². The maximum atomic E-state index is 13.0. The first-order valence-electron chi connectivity index (χ1n) is 12.1. The van der Waals surface area contributed by atoms with E-state index >= 15 is 0 Å². The molecule has 202 valence electrons. The summed E-state index contributed by atoms with van der Waals surface area (Å²) in [5.74, 6) is -1.86. The van der Waals surface area contributed by atoms with Crippen LogP contribution in [0.1, 0.15) is 63.8 Å². The largest absolute Gasteiger partial charge is 0.455 e. The molecule has 4 atom stereocenters. The highest BCUT2D eigenvalue weighted by atomic mass is 16.6. The van der Waals surface area contributed by atoms with Crippen molar-refractivity contribution < 1.29 is 28.6 Å². The summed E-state index contributed by atoms with van der Waals surface area (Å²) in [6.45, 7) is 11.1. The Morgan fingerprint density at radius 1 is 1.00 bits per heavy atom. The molecular weight excluding hydrogens is 478 g/mol. The van der Waals surface area contributed by atoms with Crippen LogP contribution >= 0.6 is 0 Å². The highest BCUT2D eigenvalue weighted by Crippen LogP contribution is 2.38. The van der Waals surface area contributed by atoms with Gasteiger partial charge in [0, 0.05) is 13.1 Å². The van der Waals surface area contributed by atoms with Gasteiger partial charge in [0.05, 0.1) is 17.2 Å². The predicted octanol–water partition coefficient (Wildman–Crippen LogP) is 2.17. The maximum absolute atomic E-state index is 13.0. The number of amides is 1. The third kappa shape index (κ3) is 6.66. The third-order valence-corrected chi connectivity index (χ3v) is 5.85. The number of hydrogen-bond donors (Lipinski definition) is 3. The molecule has 1 aromatic heterocycles. The minimum Gasteiger partial charge on any atom is -0.455 e. The number of nitrogens with two attached hydrogens (primary N) is 2. The predicted molar refractivity (Wildman–Crippen MR) is 136 cm³/mol. The molecule has 0 saturated carbocycles. The molecule has 1 aliphatic heterocycles. The summed E-state index contributed by atoms with van der Waals surface area (Å²) in [6, 6.07) is 9.77. The lowest BCUT2D eigenvalue weighted by molar-refractivity contribution is -0.178. The van der Waals surface area contributed by atoms with Crippen LogP contribution < -0.4 is 16.8 Å². The van der Waals surface area contributed by atoms with Gasteiger partial charge in [-0.25, -0.2) is 4.98 Å². The number of nitrogens with zero attached hydrogens (tertiary/aromatic N) is 2. The SMILES string of the molecule is CC(C)(C)C(=O)O[C@@H]1[C@H](OC(=O)C(C)(C)C)[C@@H](CNCc2ccccc2)O[C@H]1n1cnc(C(N)=O)c1N. The van der Waals surface area contributed by atoms with E-state index in [1.165, 1.54) is 10.9 Å². The first-order chi connectivity index (χ1) is 17.2. The van der Waals surface area contributed by atoms with E-state index in [1.807, 2.05) is 30.3 Å². The molecule has 11 heteroatoms. The van der Waals surface area contributed by atoms with Crippen LogP contribution in [0.5, 0.6) is 0 Å². The van der Waals surface area contributed by atoms with Gasteiger partial charge in [0.15, 0.2) is 24.1 Å². The number of rotatable bonds is 8. The van der Waals surface area contributed by atoms with Gasteiger partial charge in [-0.3, -0.25) is 19.0 Å². The molecule has 1 saturated heterocycles. The second-order valence-electron chi connectivity index (χ2n) is 11.2. The fourth-order valence-electron chi connectivity index (χ4n) is 3.68. The monoisotopic (exact) mass is 515 g/mol. The average molecular weight is 516 g/mol. The molecule has 2 heterocycles. The van der Waals surface area contributed by atoms with Crippen LogP contribution in [0, 0.1) is 10.8 Å². The summed E-state index contributed by atoms with van der Waals surface area (Å²) in [4.78, 5) is 41.7. The number of esters is 2. The molecule has 0 radical (unpaired) electrons. The van der Waals surface area contributed by atoms with Crippen molar-refractivity contribution in [3.05, 3.63) is 47.9 Å². The number of benzene rings is 1. The Bertz CT molecular complexity index is 1120. The molecular formula is C26H37N5O6. The molecule has 0 aliphatic carbocycles. The lowest BCUT2D eigenvalue weighted by atomic mass is 9.96. The van der Waals surface area contributed by atoms with Gasteiger partial charge in [-0.1, -0.05) is 30.3 Å². The molecule has 0 unspecified atom stereocenters. The van der Waals surface area contributed by atoms with Crippen molar-refractivity contribution in [1.82, 2.24) is 14.9 Å². The fourth-order valence-corrected chi connectivity index (χ4v) is 3.68. The van der Waals surface area contributed by atoms with Crippen LogP contribution in [0.4, 0.5) is 5.82 Å². The minimum absolute atomic E-state index is 0.0481. The Kier molecular flexibility index (Phi) is 8.28.